The van der Waals surface area contributed by atoms with E-state index >= 15 is 0 Å². The number of nitrogens with zero attached hydrogens (tertiary/aromatic N) is 2. The minimum Gasteiger partial charge on any atom is -0.343 e. The molecule has 0 fully saturated rings. The molecule has 20 heavy (non-hydrogen) atoms. The highest BCUT2D eigenvalue weighted by molar-refractivity contribution is 5.93. The van der Waals surface area contributed by atoms with Crippen LogP contribution >= 0.6 is 0 Å². The van der Waals surface area contributed by atoms with Crippen LogP contribution < -0.4 is 10.6 Å². The van der Waals surface area contributed by atoms with Crippen LogP contribution in [0.4, 0.5) is 0 Å². The summed E-state index contributed by atoms with van der Waals surface area (Å²) < 4.78 is 5.09. The van der Waals surface area contributed by atoms with E-state index in [1.807, 2.05) is 32.2 Å². The number of hydrogen-bond donors (Lipinski definition) is 2. The quantitative estimate of drug-likeness (QED) is 0.826. The summed E-state index contributed by atoms with van der Waals surface area (Å²) >= 11 is 0. The first-order valence-electron chi connectivity index (χ1n) is 6.51. The smallest absolute Gasteiger partial charge is 0.251 e. The lowest BCUT2D eigenvalue weighted by Gasteiger charge is -2.04. The van der Waals surface area contributed by atoms with E-state index in [-0.39, 0.29) is 18.5 Å². The van der Waals surface area contributed by atoms with Gasteiger partial charge in [0.05, 0.1) is 6.54 Å². The van der Waals surface area contributed by atoms with Gasteiger partial charge in [-0.2, -0.15) is 4.98 Å². The first kappa shape index (κ1) is 14.2. The van der Waals surface area contributed by atoms with Gasteiger partial charge in [0.25, 0.3) is 5.91 Å². The van der Waals surface area contributed by atoms with Gasteiger partial charge in [-0.1, -0.05) is 23.4 Å². The minimum absolute atomic E-state index is 0.158. The fourth-order valence-corrected chi connectivity index (χ4v) is 1.67. The Labute approximate surface area is 117 Å². The number of hydrogen-bond acceptors (Lipinski definition) is 5. The Balaban J connectivity index is 1.87. The standard InChI is InChI=1S/C14H18N4O2/c1-10(15-2)8-12-17-13(20-18-12)9-16-14(19)11-6-4-3-5-7-11/h3-7,10,15H,8-9H2,1-2H3,(H,16,19). The number of aromatic nitrogens is 2. The van der Waals surface area contributed by atoms with E-state index in [0.717, 1.165) is 0 Å². The van der Waals surface area contributed by atoms with E-state index < -0.39 is 0 Å². The molecular formula is C14H18N4O2. The number of nitrogens with one attached hydrogen (secondary N) is 2. The molecule has 0 spiro atoms. The van der Waals surface area contributed by atoms with Crippen molar-refractivity contribution in [2.45, 2.75) is 25.9 Å². The number of carbonyl (C=O) groups excluding carboxylic acids is 1. The first-order chi connectivity index (χ1) is 9.69. The predicted molar refractivity (Wildman–Crippen MR) is 74.1 cm³/mol. The molecule has 0 aliphatic heterocycles. The van der Waals surface area contributed by atoms with Crippen molar-refractivity contribution in [3.63, 3.8) is 0 Å². The van der Waals surface area contributed by atoms with Crippen LogP contribution in [0.25, 0.3) is 0 Å². The maximum absolute atomic E-state index is 11.8. The maximum atomic E-state index is 11.8. The molecule has 1 aromatic heterocycles. The van der Waals surface area contributed by atoms with Crippen LogP contribution in [0.3, 0.4) is 0 Å². The zero-order valence-electron chi connectivity index (χ0n) is 11.6. The number of rotatable bonds is 6. The van der Waals surface area contributed by atoms with Gasteiger partial charge < -0.3 is 15.2 Å². The van der Waals surface area contributed by atoms with Crippen molar-refractivity contribution in [1.82, 2.24) is 20.8 Å². The van der Waals surface area contributed by atoms with E-state index in [9.17, 15) is 4.79 Å². The van der Waals surface area contributed by atoms with Crippen LogP contribution in [0.1, 0.15) is 29.0 Å². The van der Waals surface area contributed by atoms with E-state index in [4.69, 9.17) is 4.52 Å². The van der Waals surface area contributed by atoms with Gasteiger partial charge in [0, 0.05) is 18.0 Å². The molecular weight excluding hydrogens is 256 g/mol. The van der Waals surface area contributed by atoms with Gasteiger partial charge in [-0.25, -0.2) is 0 Å². The molecule has 1 unspecified atom stereocenters. The summed E-state index contributed by atoms with van der Waals surface area (Å²) in [5, 5.41) is 9.73. The summed E-state index contributed by atoms with van der Waals surface area (Å²) in [4.78, 5) is 16.1. The second kappa shape index (κ2) is 6.81. The van der Waals surface area contributed by atoms with Gasteiger partial charge in [0.15, 0.2) is 5.82 Å². The van der Waals surface area contributed by atoms with E-state index in [0.29, 0.717) is 23.7 Å². The Bertz CT molecular complexity index is 553. The topological polar surface area (TPSA) is 80.0 Å². The van der Waals surface area contributed by atoms with Gasteiger partial charge in [-0.15, -0.1) is 0 Å². The van der Waals surface area contributed by atoms with Crippen molar-refractivity contribution in [1.29, 1.82) is 0 Å². The Morgan fingerprint density at radius 1 is 1.35 bits per heavy atom. The second-order valence-electron chi connectivity index (χ2n) is 4.55. The lowest BCUT2D eigenvalue weighted by Crippen LogP contribution is -2.24. The molecule has 0 aliphatic rings. The van der Waals surface area contributed by atoms with Gasteiger partial charge in [0.1, 0.15) is 0 Å². The molecule has 2 aromatic rings. The lowest BCUT2D eigenvalue weighted by atomic mass is 10.2. The SMILES string of the molecule is CNC(C)Cc1noc(CNC(=O)c2ccccc2)n1. The molecule has 1 atom stereocenters. The summed E-state index contributed by atoms with van der Waals surface area (Å²) in [5.74, 6) is 0.886. The monoisotopic (exact) mass is 274 g/mol. The van der Waals surface area contributed by atoms with Gasteiger partial charge in [0.2, 0.25) is 5.89 Å². The summed E-state index contributed by atoms with van der Waals surface area (Å²) in [6.07, 6.45) is 0.687. The molecule has 0 aliphatic carbocycles. The Kier molecular flexibility index (Phi) is 4.84. The van der Waals surface area contributed by atoms with Crippen molar-refractivity contribution < 1.29 is 9.32 Å². The normalized spacial score (nSPS) is 12.1. The summed E-state index contributed by atoms with van der Waals surface area (Å²) in [6.45, 7) is 2.27. The van der Waals surface area contributed by atoms with Crippen LogP contribution in [0, 0.1) is 0 Å². The number of carbonyl (C=O) groups is 1. The van der Waals surface area contributed by atoms with E-state index in [1.54, 1.807) is 12.1 Å². The molecule has 0 bridgehead atoms. The van der Waals surface area contributed by atoms with Crippen molar-refractivity contribution in [2.24, 2.45) is 0 Å². The maximum Gasteiger partial charge on any atom is 0.251 e. The zero-order valence-corrected chi connectivity index (χ0v) is 11.6. The third kappa shape index (κ3) is 3.89. The third-order valence-corrected chi connectivity index (χ3v) is 2.93. The summed E-state index contributed by atoms with van der Waals surface area (Å²) in [5.41, 5.74) is 0.607. The third-order valence-electron chi connectivity index (χ3n) is 2.93. The number of amides is 1. The van der Waals surface area contributed by atoms with Crippen LogP contribution in [0.15, 0.2) is 34.9 Å². The zero-order chi connectivity index (χ0) is 14.4. The molecule has 2 N–H and O–H groups in total. The number of likely N-dealkylation sites (N-methyl/N-ethyl adjacent to an activating group) is 1. The predicted octanol–water partition coefficient (Wildman–Crippen LogP) is 1.15. The molecule has 6 heteroatoms. The molecule has 6 nitrogen and oxygen atoms in total. The lowest BCUT2D eigenvalue weighted by molar-refractivity contribution is 0.0946. The Morgan fingerprint density at radius 2 is 2.10 bits per heavy atom. The highest BCUT2D eigenvalue weighted by atomic mass is 16.5. The molecule has 1 aromatic carbocycles. The second-order valence-corrected chi connectivity index (χ2v) is 4.55. The van der Waals surface area contributed by atoms with Gasteiger partial charge >= 0.3 is 0 Å². The molecule has 106 valence electrons. The van der Waals surface area contributed by atoms with Crippen LogP contribution in [0.5, 0.6) is 0 Å². The number of benzene rings is 1. The largest absolute Gasteiger partial charge is 0.343 e. The molecule has 0 saturated heterocycles. The molecule has 0 saturated carbocycles. The average Bonchev–Trinajstić information content (AvgIpc) is 2.93. The van der Waals surface area contributed by atoms with Crippen LogP contribution in [0.2, 0.25) is 0 Å². The van der Waals surface area contributed by atoms with E-state index in [1.165, 1.54) is 0 Å². The Morgan fingerprint density at radius 3 is 2.80 bits per heavy atom. The first-order valence-corrected chi connectivity index (χ1v) is 6.51. The van der Waals surface area contributed by atoms with E-state index in [2.05, 4.69) is 20.8 Å². The van der Waals surface area contributed by atoms with Crippen molar-refractivity contribution in [3.05, 3.63) is 47.6 Å². The van der Waals surface area contributed by atoms with Gasteiger partial charge in [-0.05, 0) is 26.1 Å². The molecule has 1 heterocycles. The fourth-order valence-electron chi connectivity index (χ4n) is 1.67. The summed E-state index contributed by atoms with van der Waals surface area (Å²) in [6, 6.07) is 9.29. The highest BCUT2D eigenvalue weighted by Gasteiger charge is 2.11. The summed E-state index contributed by atoms with van der Waals surface area (Å²) in [7, 11) is 1.88. The van der Waals surface area contributed by atoms with Crippen LogP contribution in [-0.2, 0) is 13.0 Å². The minimum atomic E-state index is -0.158. The molecule has 0 radical (unpaired) electrons. The fraction of sp³-hybridized carbons (Fsp3) is 0.357. The van der Waals surface area contributed by atoms with Crippen molar-refractivity contribution >= 4 is 5.91 Å². The average molecular weight is 274 g/mol. The Hall–Kier alpha value is -2.21. The highest BCUT2D eigenvalue weighted by Crippen LogP contribution is 2.02. The van der Waals surface area contributed by atoms with Crippen molar-refractivity contribution in [3.8, 4) is 0 Å². The molecule has 2 rings (SSSR count). The van der Waals surface area contributed by atoms with Crippen molar-refractivity contribution in [2.75, 3.05) is 7.05 Å². The van der Waals surface area contributed by atoms with Gasteiger partial charge in [-0.3, -0.25) is 4.79 Å². The van der Waals surface area contributed by atoms with Crippen LogP contribution in [-0.4, -0.2) is 29.1 Å². The molecule has 1 amide bonds.